The molecule has 1 atom stereocenters. The molecule has 0 aromatic rings. The summed E-state index contributed by atoms with van der Waals surface area (Å²) >= 11 is 0. The number of nitrogens with one attached hydrogen (secondary N) is 1. The molecule has 0 aromatic heterocycles. The average molecular weight is 131 g/mol. The van der Waals surface area contributed by atoms with E-state index in [9.17, 15) is 4.79 Å². The molecule has 0 bridgehead atoms. The second kappa shape index (κ2) is 4.29. The highest BCUT2D eigenvalue weighted by Crippen LogP contribution is 1.91. The van der Waals surface area contributed by atoms with Gasteiger partial charge < -0.3 is 10.8 Å². The number of rotatable bonds is 4. The molecular weight excluding hydrogens is 120 g/mol. The molecule has 0 saturated heterocycles. The molecule has 0 saturated carbocycles. The van der Waals surface area contributed by atoms with Gasteiger partial charge in [-0.3, -0.25) is 10.5 Å². The van der Waals surface area contributed by atoms with E-state index in [4.69, 9.17) is 16.6 Å². The van der Waals surface area contributed by atoms with Crippen LogP contribution in [0.2, 0.25) is 0 Å². The van der Waals surface area contributed by atoms with Crippen molar-refractivity contribution in [3.05, 3.63) is 0 Å². The van der Waals surface area contributed by atoms with Crippen molar-refractivity contribution in [1.82, 2.24) is 5.73 Å². The maximum Gasteiger partial charge on any atom is 0.320 e. The fourth-order valence-electron chi connectivity index (χ4n) is 0.445. The van der Waals surface area contributed by atoms with Gasteiger partial charge in [0.05, 0.1) is 0 Å². The molecule has 0 heterocycles. The summed E-state index contributed by atoms with van der Waals surface area (Å²) < 4.78 is 0. The molecular formula is C5H11N2O2. The van der Waals surface area contributed by atoms with E-state index in [-0.39, 0.29) is 6.54 Å². The van der Waals surface area contributed by atoms with Crippen LogP contribution in [0.3, 0.4) is 0 Å². The third kappa shape index (κ3) is 3.93. The number of carboxylic acids is 1. The number of hydrogen-bond donors (Lipinski definition) is 2. The molecule has 4 heteroatoms. The molecule has 53 valence electrons. The number of carbonyl (C=O) groups is 1. The summed E-state index contributed by atoms with van der Waals surface area (Å²) in [5, 5.41) is 8.22. The molecule has 0 aliphatic rings. The van der Waals surface area contributed by atoms with Crippen molar-refractivity contribution >= 4 is 5.97 Å². The van der Waals surface area contributed by atoms with Crippen LogP contribution in [0.15, 0.2) is 0 Å². The Hall–Kier alpha value is -0.610. The van der Waals surface area contributed by atoms with Gasteiger partial charge >= 0.3 is 5.97 Å². The van der Waals surface area contributed by atoms with E-state index < -0.39 is 12.0 Å². The number of hydrogen-bond acceptors (Lipinski definition) is 2. The first kappa shape index (κ1) is 8.39. The Kier molecular flexibility index (Phi) is 4.00. The molecule has 1 radical (unpaired) electrons. The zero-order valence-electron chi connectivity index (χ0n) is 5.13. The van der Waals surface area contributed by atoms with Gasteiger partial charge in [0.1, 0.15) is 6.04 Å². The van der Waals surface area contributed by atoms with E-state index in [0.29, 0.717) is 12.8 Å². The summed E-state index contributed by atoms with van der Waals surface area (Å²) in [5.41, 5.74) is 11.8. The maximum absolute atomic E-state index is 10.0. The smallest absolute Gasteiger partial charge is 0.320 e. The molecule has 0 aromatic carbocycles. The van der Waals surface area contributed by atoms with Gasteiger partial charge in [0.15, 0.2) is 0 Å². The minimum atomic E-state index is -0.983. The highest BCUT2D eigenvalue weighted by Gasteiger charge is 2.08. The molecule has 4 N–H and O–H groups in total. The standard InChI is InChI=1S/C5H11N2O2/c6-3-1-2-4(7)5(8)9/h4,6H,1-3,7H2,(H,8,9)/t4-/m0/s1. The second-order valence-corrected chi connectivity index (χ2v) is 1.84. The van der Waals surface area contributed by atoms with Crippen molar-refractivity contribution in [2.45, 2.75) is 18.9 Å². The van der Waals surface area contributed by atoms with E-state index in [2.05, 4.69) is 0 Å². The van der Waals surface area contributed by atoms with Crippen LogP contribution in [0, 0.1) is 0 Å². The lowest BCUT2D eigenvalue weighted by Crippen LogP contribution is -2.30. The van der Waals surface area contributed by atoms with Crippen LogP contribution in [0.5, 0.6) is 0 Å². The van der Waals surface area contributed by atoms with Crippen molar-refractivity contribution in [2.75, 3.05) is 6.54 Å². The van der Waals surface area contributed by atoms with E-state index in [1.165, 1.54) is 0 Å². The van der Waals surface area contributed by atoms with E-state index in [1.807, 2.05) is 0 Å². The van der Waals surface area contributed by atoms with Crippen molar-refractivity contribution in [2.24, 2.45) is 5.73 Å². The van der Waals surface area contributed by atoms with Crippen LogP contribution in [0.1, 0.15) is 12.8 Å². The quantitative estimate of drug-likeness (QED) is 0.537. The summed E-state index contributed by atoms with van der Waals surface area (Å²) in [4.78, 5) is 10.0. The lowest BCUT2D eigenvalue weighted by Gasteiger charge is -2.02. The van der Waals surface area contributed by atoms with Crippen molar-refractivity contribution in [1.29, 1.82) is 0 Å². The molecule has 9 heavy (non-hydrogen) atoms. The third-order valence-corrected chi connectivity index (χ3v) is 1.01. The number of aliphatic carboxylic acids is 1. The van der Waals surface area contributed by atoms with Gasteiger partial charge in [-0.05, 0) is 12.8 Å². The predicted molar refractivity (Wildman–Crippen MR) is 32.8 cm³/mol. The predicted octanol–water partition coefficient (Wildman–Crippen LogP) is -0.539. The molecule has 0 aliphatic carbocycles. The Labute approximate surface area is 53.8 Å². The van der Waals surface area contributed by atoms with Crippen LogP contribution in [0.25, 0.3) is 0 Å². The Morgan fingerprint density at radius 3 is 2.67 bits per heavy atom. The Bertz CT molecular complexity index is 95.0. The largest absolute Gasteiger partial charge is 0.480 e. The first-order chi connectivity index (χ1) is 4.18. The minimum absolute atomic E-state index is 0.251. The van der Waals surface area contributed by atoms with E-state index >= 15 is 0 Å². The van der Waals surface area contributed by atoms with E-state index in [1.54, 1.807) is 0 Å². The second-order valence-electron chi connectivity index (χ2n) is 1.84. The summed E-state index contributed by atoms with van der Waals surface area (Å²) in [6.07, 6.45) is 0.965. The average Bonchev–Trinajstić information content (AvgIpc) is 1.82. The molecule has 0 amide bonds. The lowest BCUT2D eigenvalue weighted by atomic mass is 10.2. The molecule has 0 spiro atoms. The zero-order chi connectivity index (χ0) is 7.28. The van der Waals surface area contributed by atoms with Crippen LogP contribution in [-0.2, 0) is 4.79 Å². The summed E-state index contributed by atoms with van der Waals surface area (Å²) in [6.45, 7) is 0.251. The van der Waals surface area contributed by atoms with Crippen LogP contribution in [0.4, 0.5) is 0 Å². The van der Waals surface area contributed by atoms with Crippen LogP contribution >= 0.6 is 0 Å². The zero-order valence-corrected chi connectivity index (χ0v) is 5.13. The Balaban J connectivity index is 3.27. The number of nitrogens with two attached hydrogens (primary N) is 1. The normalized spacial score (nSPS) is 13.1. The third-order valence-electron chi connectivity index (χ3n) is 1.01. The first-order valence-electron chi connectivity index (χ1n) is 2.81. The maximum atomic E-state index is 10.0. The van der Waals surface area contributed by atoms with Crippen molar-refractivity contribution in [3.63, 3.8) is 0 Å². The Morgan fingerprint density at radius 1 is 1.78 bits per heavy atom. The van der Waals surface area contributed by atoms with E-state index in [0.717, 1.165) is 0 Å². The first-order valence-corrected chi connectivity index (χ1v) is 2.81. The highest BCUT2D eigenvalue weighted by atomic mass is 16.4. The van der Waals surface area contributed by atoms with Gasteiger partial charge in [0, 0.05) is 6.54 Å². The van der Waals surface area contributed by atoms with Gasteiger partial charge in [-0.1, -0.05) is 0 Å². The number of carboxylic acid groups (broad SMARTS) is 1. The lowest BCUT2D eigenvalue weighted by molar-refractivity contribution is -0.138. The van der Waals surface area contributed by atoms with Crippen LogP contribution in [-0.4, -0.2) is 23.7 Å². The van der Waals surface area contributed by atoms with Gasteiger partial charge in [-0.15, -0.1) is 0 Å². The molecule has 0 fully saturated rings. The summed E-state index contributed by atoms with van der Waals surface area (Å²) in [7, 11) is 0. The minimum Gasteiger partial charge on any atom is -0.480 e. The fraction of sp³-hybridized carbons (Fsp3) is 0.800. The topological polar surface area (TPSA) is 87.1 Å². The monoisotopic (exact) mass is 131 g/mol. The van der Waals surface area contributed by atoms with Gasteiger partial charge in [0.2, 0.25) is 0 Å². The fourth-order valence-corrected chi connectivity index (χ4v) is 0.445. The molecule has 4 nitrogen and oxygen atoms in total. The van der Waals surface area contributed by atoms with Crippen molar-refractivity contribution in [3.8, 4) is 0 Å². The molecule has 0 unspecified atom stereocenters. The molecule has 0 aliphatic heterocycles. The van der Waals surface area contributed by atoms with Gasteiger partial charge in [0.25, 0.3) is 0 Å². The highest BCUT2D eigenvalue weighted by molar-refractivity contribution is 5.72. The van der Waals surface area contributed by atoms with Crippen molar-refractivity contribution < 1.29 is 9.90 Å². The molecule has 0 rings (SSSR count). The van der Waals surface area contributed by atoms with Gasteiger partial charge in [-0.2, -0.15) is 0 Å². The summed E-state index contributed by atoms with van der Waals surface area (Å²) in [5.74, 6) is -0.983. The summed E-state index contributed by atoms with van der Waals surface area (Å²) in [6, 6.07) is -0.782. The SMILES string of the molecule is [NH]CCC[C@H](N)C(=O)O. The van der Waals surface area contributed by atoms with Gasteiger partial charge in [-0.25, -0.2) is 0 Å². The van der Waals surface area contributed by atoms with Crippen LogP contribution < -0.4 is 11.5 Å². The Morgan fingerprint density at radius 2 is 2.33 bits per heavy atom.